The summed E-state index contributed by atoms with van der Waals surface area (Å²) in [7, 11) is 0. The van der Waals surface area contributed by atoms with Crippen molar-refractivity contribution in [1.29, 1.82) is 0 Å². The van der Waals surface area contributed by atoms with E-state index in [0.717, 1.165) is 5.57 Å². The summed E-state index contributed by atoms with van der Waals surface area (Å²) < 4.78 is 5.06. The van der Waals surface area contributed by atoms with Gasteiger partial charge in [-0.05, 0) is 6.92 Å². The molecule has 0 aromatic rings. The van der Waals surface area contributed by atoms with Crippen LogP contribution in [0.4, 0.5) is 0 Å². The molecule has 0 unspecified atom stereocenters. The van der Waals surface area contributed by atoms with Gasteiger partial charge in [0, 0.05) is 18.7 Å². The van der Waals surface area contributed by atoms with Crippen molar-refractivity contribution < 1.29 is 4.74 Å². The summed E-state index contributed by atoms with van der Waals surface area (Å²) in [6, 6.07) is 0. The average molecular weight is 127 g/mol. The molecule has 0 amide bonds. The Morgan fingerprint density at radius 2 is 2.44 bits per heavy atom. The fraction of sp³-hybridized carbons (Fsp3) is 0.571. The largest absolute Gasteiger partial charge is 0.377 e. The van der Waals surface area contributed by atoms with E-state index >= 15 is 0 Å². The number of nitrogens with two attached hydrogens (primary N) is 1. The van der Waals surface area contributed by atoms with Crippen LogP contribution in [0.2, 0.25) is 0 Å². The van der Waals surface area contributed by atoms with Gasteiger partial charge in [-0.2, -0.15) is 0 Å². The molecule has 2 N–H and O–H groups in total. The molecule has 2 nitrogen and oxygen atoms in total. The van der Waals surface area contributed by atoms with Crippen molar-refractivity contribution in [2.45, 2.75) is 6.92 Å². The van der Waals surface area contributed by atoms with E-state index in [0.29, 0.717) is 19.8 Å². The van der Waals surface area contributed by atoms with Gasteiger partial charge in [0.2, 0.25) is 0 Å². The molecule has 0 spiro atoms. The Balaban J connectivity index is 3.45. The fourth-order valence-corrected chi connectivity index (χ4v) is 0.407. The summed E-state index contributed by atoms with van der Waals surface area (Å²) in [6.07, 6.45) is 0. The Morgan fingerprint density at radius 3 is 2.78 bits per heavy atom. The van der Waals surface area contributed by atoms with Crippen LogP contribution in [0, 0.1) is 0 Å². The predicted molar refractivity (Wildman–Crippen MR) is 38.2 cm³/mol. The van der Waals surface area contributed by atoms with Gasteiger partial charge in [0.05, 0.1) is 6.61 Å². The third-order valence-corrected chi connectivity index (χ3v) is 0.977. The van der Waals surface area contributed by atoms with E-state index in [9.17, 15) is 0 Å². The standard InChI is InChI=1S/C7H13NO/c1-3-7(5-8)6-9-4-2/h1,4-6,8H2,2H3. The molecule has 0 aromatic heterocycles. The van der Waals surface area contributed by atoms with Gasteiger partial charge in [-0.3, -0.25) is 0 Å². The molecule has 0 aromatic carbocycles. The minimum Gasteiger partial charge on any atom is -0.377 e. The van der Waals surface area contributed by atoms with Gasteiger partial charge < -0.3 is 10.5 Å². The third kappa shape index (κ3) is 3.98. The quantitative estimate of drug-likeness (QED) is 0.564. The molecule has 52 valence electrons. The lowest BCUT2D eigenvalue weighted by Crippen LogP contribution is -2.08. The van der Waals surface area contributed by atoms with E-state index in [-0.39, 0.29) is 0 Å². The van der Waals surface area contributed by atoms with Crippen LogP contribution in [-0.4, -0.2) is 19.8 Å². The highest BCUT2D eigenvalue weighted by Gasteiger charge is 1.89. The molecular weight excluding hydrogens is 114 g/mol. The van der Waals surface area contributed by atoms with Crippen molar-refractivity contribution in [2.75, 3.05) is 19.8 Å². The normalized spacial score (nSPS) is 8.67. The van der Waals surface area contributed by atoms with Crippen LogP contribution in [0.15, 0.2) is 17.9 Å². The maximum absolute atomic E-state index is 5.30. The monoisotopic (exact) mass is 127 g/mol. The lowest BCUT2D eigenvalue weighted by atomic mass is 10.3. The van der Waals surface area contributed by atoms with E-state index in [2.05, 4.69) is 12.3 Å². The highest BCUT2D eigenvalue weighted by Crippen LogP contribution is 1.87. The molecular formula is C7H13NO. The molecule has 0 saturated heterocycles. The molecule has 0 aliphatic carbocycles. The Hall–Kier alpha value is -0.560. The summed E-state index contributed by atoms with van der Waals surface area (Å²) in [5, 5.41) is 0. The molecule has 0 bridgehead atoms. The van der Waals surface area contributed by atoms with E-state index in [1.54, 1.807) is 0 Å². The molecule has 2 heteroatoms. The number of hydrogen-bond donors (Lipinski definition) is 1. The summed E-state index contributed by atoms with van der Waals surface area (Å²) >= 11 is 0. The van der Waals surface area contributed by atoms with Crippen LogP contribution in [0.1, 0.15) is 6.92 Å². The van der Waals surface area contributed by atoms with E-state index in [1.165, 1.54) is 0 Å². The highest BCUT2D eigenvalue weighted by atomic mass is 16.5. The molecule has 0 saturated carbocycles. The molecule has 0 atom stereocenters. The molecule has 0 heterocycles. The van der Waals surface area contributed by atoms with Crippen molar-refractivity contribution in [3.63, 3.8) is 0 Å². The van der Waals surface area contributed by atoms with Crippen LogP contribution < -0.4 is 5.73 Å². The first kappa shape index (κ1) is 8.44. The average Bonchev–Trinajstić information content (AvgIpc) is 1.91. The SMILES string of the molecule is C=C=C(CN)COCC. The molecule has 0 aliphatic rings. The zero-order chi connectivity index (χ0) is 7.11. The van der Waals surface area contributed by atoms with Crippen molar-refractivity contribution >= 4 is 0 Å². The summed E-state index contributed by atoms with van der Waals surface area (Å²) in [6.45, 7) is 7.17. The fourth-order valence-electron chi connectivity index (χ4n) is 0.407. The molecule has 9 heavy (non-hydrogen) atoms. The summed E-state index contributed by atoms with van der Waals surface area (Å²) in [5.41, 5.74) is 8.94. The lowest BCUT2D eigenvalue weighted by molar-refractivity contribution is 0.170. The van der Waals surface area contributed by atoms with Gasteiger partial charge in [-0.15, -0.1) is 5.73 Å². The first-order valence-electron chi connectivity index (χ1n) is 3.00. The molecule has 0 rings (SSSR count). The van der Waals surface area contributed by atoms with Gasteiger partial charge in [-0.1, -0.05) is 6.58 Å². The zero-order valence-corrected chi connectivity index (χ0v) is 5.81. The first-order chi connectivity index (χ1) is 4.35. The second-order valence-electron chi connectivity index (χ2n) is 1.62. The van der Waals surface area contributed by atoms with E-state index in [1.807, 2.05) is 6.92 Å². The van der Waals surface area contributed by atoms with Crippen LogP contribution in [0.3, 0.4) is 0 Å². The summed E-state index contributed by atoms with van der Waals surface area (Å²) in [5.74, 6) is 0. The van der Waals surface area contributed by atoms with Gasteiger partial charge >= 0.3 is 0 Å². The van der Waals surface area contributed by atoms with Crippen molar-refractivity contribution in [3.05, 3.63) is 17.9 Å². The van der Waals surface area contributed by atoms with Crippen LogP contribution >= 0.6 is 0 Å². The minimum absolute atomic E-state index is 0.490. The Bertz CT molecular complexity index is 114. The topological polar surface area (TPSA) is 35.2 Å². The maximum atomic E-state index is 5.30. The Morgan fingerprint density at radius 1 is 1.78 bits per heavy atom. The molecule has 0 radical (unpaired) electrons. The smallest absolute Gasteiger partial charge is 0.0763 e. The highest BCUT2D eigenvalue weighted by molar-refractivity contribution is 5.00. The predicted octanol–water partition coefficient (Wildman–Crippen LogP) is 0.693. The number of rotatable bonds is 4. The van der Waals surface area contributed by atoms with Gasteiger partial charge in [0.25, 0.3) is 0 Å². The third-order valence-electron chi connectivity index (χ3n) is 0.977. The first-order valence-corrected chi connectivity index (χ1v) is 3.00. The van der Waals surface area contributed by atoms with E-state index < -0.39 is 0 Å². The van der Waals surface area contributed by atoms with Crippen LogP contribution in [0.5, 0.6) is 0 Å². The van der Waals surface area contributed by atoms with Crippen molar-refractivity contribution in [3.8, 4) is 0 Å². The zero-order valence-electron chi connectivity index (χ0n) is 5.81. The Labute approximate surface area is 56.0 Å². The Kier molecular flexibility index (Phi) is 5.23. The molecule has 0 fully saturated rings. The second-order valence-corrected chi connectivity index (χ2v) is 1.62. The molecule has 0 aliphatic heterocycles. The second kappa shape index (κ2) is 5.57. The summed E-state index contributed by atoms with van der Waals surface area (Å²) in [4.78, 5) is 0. The maximum Gasteiger partial charge on any atom is 0.0763 e. The van der Waals surface area contributed by atoms with E-state index in [4.69, 9.17) is 10.5 Å². The lowest BCUT2D eigenvalue weighted by Gasteiger charge is -1.99. The number of ether oxygens (including phenoxy) is 1. The van der Waals surface area contributed by atoms with Crippen molar-refractivity contribution in [1.82, 2.24) is 0 Å². The van der Waals surface area contributed by atoms with Gasteiger partial charge in [-0.25, -0.2) is 0 Å². The van der Waals surface area contributed by atoms with Crippen LogP contribution in [-0.2, 0) is 4.74 Å². The van der Waals surface area contributed by atoms with Crippen molar-refractivity contribution in [2.24, 2.45) is 5.73 Å². The number of hydrogen-bond acceptors (Lipinski definition) is 2. The van der Waals surface area contributed by atoms with Gasteiger partial charge in [0.15, 0.2) is 0 Å². The minimum atomic E-state index is 0.490. The van der Waals surface area contributed by atoms with Crippen LogP contribution in [0.25, 0.3) is 0 Å². The van der Waals surface area contributed by atoms with Gasteiger partial charge in [0.1, 0.15) is 0 Å².